The Morgan fingerprint density at radius 2 is 2.15 bits per heavy atom. The number of carboxylic acid groups (broad SMARTS) is 1. The lowest BCUT2D eigenvalue weighted by molar-refractivity contribution is -0.148. The number of urea groups is 1. The number of nitrogens with zero attached hydrogens (tertiary/aromatic N) is 3. The maximum absolute atomic E-state index is 12.5. The van der Waals surface area contributed by atoms with Gasteiger partial charge in [-0.15, -0.1) is 22.0 Å². The number of carboxylic acids is 1. The van der Waals surface area contributed by atoms with E-state index in [1.807, 2.05) is 20.8 Å². The number of thioether (sulfide) groups is 2. The number of hydrogen-bond donors (Lipinski definition) is 3. The van der Waals surface area contributed by atoms with Gasteiger partial charge in [0.15, 0.2) is 4.34 Å². The second-order valence-electron chi connectivity index (χ2n) is 6.29. The number of carbonyl (C=O) groups is 3. The van der Waals surface area contributed by atoms with E-state index in [1.165, 1.54) is 39.8 Å². The van der Waals surface area contributed by atoms with E-state index in [4.69, 9.17) is 0 Å². The summed E-state index contributed by atoms with van der Waals surface area (Å²) in [4.78, 5) is 37.4. The van der Waals surface area contributed by atoms with Crippen molar-refractivity contribution in [1.29, 1.82) is 0 Å². The van der Waals surface area contributed by atoms with Gasteiger partial charge in [0.1, 0.15) is 22.1 Å². The third kappa shape index (κ3) is 4.22. The van der Waals surface area contributed by atoms with Crippen molar-refractivity contribution in [3.05, 3.63) is 16.3 Å². The SMILES string of the molecule is Cc1nnc(SCC2=C(C(=O)O)N3C(=O)C(NC(=O)NC(C)C)[C@@H]3SC2)s1. The number of nitrogens with one attached hydrogen (secondary N) is 2. The van der Waals surface area contributed by atoms with Crippen molar-refractivity contribution in [3.8, 4) is 0 Å². The average Bonchev–Trinajstić information content (AvgIpc) is 3.01. The predicted octanol–water partition coefficient (Wildman–Crippen LogP) is 1.27. The molecule has 0 saturated carbocycles. The fourth-order valence-corrected chi connectivity index (χ4v) is 6.03. The zero-order valence-electron chi connectivity index (χ0n) is 14.9. The highest BCUT2D eigenvalue weighted by Gasteiger charge is 2.54. The Kier molecular flexibility index (Phi) is 5.96. The number of fused-ring (bicyclic) bond motifs is 1. The van der Waals surface area contributed by atoms with Crippen LogP contribution in [0.2, 0.25) is 0 Å². The molecule has 0 radical (unpaired) electrons. The van der Waals surface area contributed by atoms with Crippen LogP contribution in [-0.4, -0.2) is 67.1 Å². The standard InChI is InChI=1S/C15H19N5O4S3/c1-6(2)16-14(24)17-9-11(21)20-10(13(22)23)8(4-25-12(9)20)5-26-15-19-18-7(3)27-15/h6,9,12H,4-5H2,1-3H3,(H,22,23)(H2,16,17,24)/t9?,12-/m0/s1. The molecule has 1 aromatic heterocycles. The fraction of sp³-hybridized carbons (Fsp3) is 0.533. The number of amides is 3. The number of aromatic nitrogens is 2. The lowest BCUT2D eigenvalue weighted by Gasteiger charge is -2.49. The zero-order valence-corrected chi connectivity index (χ0v) is 17.3. The first-order chi connectivity index (χ1) is 12.8. The molecule has 9 nitrogen and oxygen atoms in total. The van der Waals surface area contributed by atoms with Crippen LogP contribution in [0.15, 0.2) is 15.6 Å². The molecule has 2 aliphatic rings. The molecular weight excluding hydrogens is 410 g/mol. The molecule has 3 amide bonds. The van der Waals surface area contributed by atoms with Crippen molar-refractivity contribution < 1.29 is 19.5 Å². The van der Waals surface area contributed by atoms with Crippen LogP contribution in [0, 0.1) is 6.92 Å². The van der Waals surface area contributed by atoms with Crippen molar-refractivity contribution >= 4 is 52.8 Å². The molecule has 0 bridgehead atoms. The summed E-state index contributed by atoms with van der Waals surface area (Å²) in [6.07, 6.45) is 0. The van der Waals surface area contributed by atoms with E-state index >= 15 is 0 Å². The van der Waals surface area contributed by atoms with E-state index in [2.05, 4.69) is 20.8 Å². The van der Waals surface area contributed by atoms with Gasteiger partial charge in [0.2, 0.25) is 0 Å². The lowest BCUT2D eigenvalue weighted by atomic mass is 10.0. The molecule has 146 valence electrons. The molecule has 27 heavy (non-hydrogen) atoms. The molecule has 12 heteroatoms. The lowest BCUT2D eigenvalue weighted by Crippen LogP contribution is -2.71. The third-order valence-corrected chi connectivity index (χ3v) is 7.23. The van der Waals surface area contributed by atoms with E-state index in [0.29, 0.717) is 17.1 Å². The van der Waals surface area contributed by atoms with Crippen molar-refractivity contribution in [3.63, 3.8) is 0 Å². The van der Waals surface area contributed by atoms with E-state index < -0.39 is 29.3 Å². The van der Waals surface area contributed by atoms with Crippen molar-refractivity contribution in [2.45, 2.75) is 42.6 Å². The largest absolute Gasteiger partial charge is 0.477 e. The average molecular weight is 430 g/mol. The maximum atomic E-state index is 12.5. The summed E-state index contributed by atoms with van der Waals surface area (Å²) in [5.74, 6) is -0.642. The Hall–Kier alpha value is -1.79. The van der Waals surface area contributed by atoms with Crippen LogP contribution < -0.4 is 10.6 Å². The van der Waals surface area contributed by atoms with Gasteiger partial charge in [-0.25, -0.2) is 9.59 Å². The van der Waals surface area contributed by atoms with E-state index in [9.17, 15) is 19.5 Å². The molecule has 1 aromatic rings. The Labute approximate surface area is 168 Å². The Bertz CT molecular complexity index is 809. The normalized spacial score (nSPS) is 21.8. The molecule has 0 aliphatic carbocycles. The highest BCUT2D eigenvalue weighted by atomic mass is 32.2. The monoisotopic (exact) mass is 429 g/mol. The molecule has 1 fully saturated rings. The molecule has 1 unspecified atom stereocenters. The Morgan fingerprint density at radius 3 is 2.74 bits per heavy atom. The maximum Gasteiger partial charge on any atom is 0.352 e. The molecule has 0 spiro atoms. The van der Waals surface area contributed by atoms with Gasteiger partial charge in [-0.2, -0.15) is 0 Å². The quantitative estimate of drug-likeness (QED) is 0.456. The summed E-state index contributed by atoms with van der Waals surface area (Å²) in [7, 11) is 0. The summed E-state index contributed by atoms with van der Waals surface area (Å²) in [5.41, 5.74) is 0.680. The van der Waals surface area contributed by atoms with Gasteiger partial charge < -0.3 is 15.7 Å². The molecule has 2 atom stereocenters. The molecular formula is C15H19N5O4S3. The van der Waals surface area contributed by atoms with Crippen LogP contribution in [0.1, 0.15) is 18.9 Å². The second-order valence-corrected chi connectivity index (χ2v) is 9.80. The molecule has 3 N–H and O–H groups in total. The van der Waals surface area contributed by atoms with Gasteiger partial charge in [-0.1, -0.05) is 23.1 Å². The van der Waals surface area contributed by atoms with Crippen LogP contribution >= 0.6 is 34.9 Å². The van der Waals surface area contributed by atoms with Gasteiger partial charge in [0, 0.05) is 17.5 Å². The van der Waals surface area contributed by atoms with Gasteiger partial charge in [-0.3, -0.25) is 9.69 Å². The van der Waals surface area contributed by atoms with Gasteiger partial charge in [0.05, 0.1) is 0 Å². The fourth-order valence-electron chi connectivity index (χ4n) is 2.73. The number of rotatable bonds is 6. The van der Waals surface area contributed by atoms with Gasteiger partial charge in [0.25, 0.3) is 5.91 Å². The predicted molar refractivity (Wildman–Crippen MR) is 104 cm³/mol. The highest BCUT2D eigenvalue weighted by Crippen LogP contribution is 2.41. The summed E-state index contributed by atoms with van der Waals surface area (Å²) >= 11 is 4.30. The smallest absolute Gasteiger partial charge is 0.352 e. The van der Waals surface area contributed by atoms with Crippen LogP contribution in [0.3, 0.4) is 0 Å². The Balaban J connectivity index is 1.71. The Morgan fingerprint density at radius 1 is 1.41 bits per heavy atom. The van der Waals surface area contributed by atoms with Crippen molar-refractivity contribution in [2.75, 3.05) is 11.5 Å². The number of hydrogen-bond acceptors (Lipinski definition) is 8. The first kappa shape index (κ1) is 20.0. The van der Waals surface area contributed by atoms with Crippen LogP contribution in [0.25, 0.3) is 0 Å². The van der Waals surface area contributed by atoms with E-state index in [1.54, 1.807) is 0 Å². The molecule has 0 aromatic carbocycles. The number of aliphatic carboxylic acids is 1. The van der Waals surface area contributed by atoms with Crippen LogP contribution in [0.5, 0.6) is 0 Å². The first-order valence-electron chi connectivity index (χ1n) is 8.18. The minimum Gasteiger partial charge on any atom is -0.477 e. The third-order valence-electron chi connectivity index (χ3n) is 3.83. The second kappa shape index (κ2) is 8.07. The van der Waals surface area contributed by atoms with Crippen molar-refractivity contribution in [2.24, 2.45) is 0 Å². The van der Waals surface area contributed by atoms with E-state index in [0.717, 1.165) is 9.35 Å². The summed E-state index contributed by atoms with van der Waals surface area (Å²) in [6.45, 7) is 5.49. The number of aryl methyl sites for hydroxylation is 1. The number of carbonyl (C=O) groups excluding carboxylic acids is 2. The van der Waals surface area contributed by atoms with Crippen LogP contribution in [-0.2, 0) is 9.59 Å². The van der Waals surface area contributed by atoms with Gasteiger partial charge >= 0.3 is 12.0 Å². The first-order valence-corrected chi connectivity index (χ1v) is 11.0. The van der Waals surface area contributed by atoms with Gasteiger partial charge in [-0.05, 0) is 26.3 Å². The van der Waals surface area contributed by atoms with Crippen molar-refractivity contribution in [1.82, 2.24) is 25.7 Å². The minimum absolute atomic E-state index is 0.0137. The minimum atomic E-state index is -1.14. The van der Waals surface area contributed by atoms with Crippen LogP contribution in [0.4, 0.5) is 4.79 Å². The van der Waals surface area contributed by atoms with E-state index in [-0.39, 0.29) is 11.7 Å². The number of β-lactam (4-membered cyclic amide) rings is 1. The molecule has 3 heterocycles. The zero-order chi connectivity index (χ0) is 19.7. The molecule has 3 rings (SSSR count). The topological polar surface area (TPSA) is 125 Å². The molecule has 1 saturated heterocycles. The summed E-state index contributed by atoms with van der Waals surface area (Å²) < 4.78 is 0.761. The molecule has 2 aliphatic heterocycles. The summed E-state index contributed by atoms with van der Waals surface area (Å²) in [5, 5.41) is 23.3. The summed E-state index contributed by atoms with van der Waals surface area (Å²) in [6, 6.07) is -1.21. The highest BCUT2D eigenvalue weighted by molar-refractivity contribution is 8.01.